The maximum atomic E-state index is 12.3. The van der Waals surface area contributed by atoms with Gasteiger partial charge in [0.15, 0.2) is 5.78 Å². The van der Waals surface area contributed by atoms with Gasteiger partial charge in [0.25, 0.3) is 0 Å². The number of nitrogens with one attached hydrogen (secondary N) is 2. The number of amides is 2. The van der Waals surface area contributed by atoms with Gasteiger partial charge in [0.2, 0.25) is 0 Å². The molecule has 0 saturated carbocycles. The molecule has 162 valence electrons. The highest BCUT2D eigenvalue weighted by molar-refractivity contribution is 5.98. The fraction of sp³-hybridized carbons (Fsp3) is 0.455. The van der Waals surface area contributed by atoms with Crippen molar-refractivity contribution in [1.29, 1.82) is 0 Å². The first-order valence-corrected chi connectivity index (χ1v) is 10.0. The quantitative estimate of drug-likeness (QED) is 0.473. The Balaban J connectivity index is 1.99. The van der Waals surface area contributed by atoms with Gasteiger partial charge in [0, 0.05) is 12.0 Å². The maximum absolute atomic E-state index is 12.3. The van der Waals surface area contributed by atoms with Gasteiger partial charge in [-0.2, -0.15) is 0 Å². The Morgan fingerprint density at radius 1 is 1.03 bits per heavy atom. The zero-order chi connectivity index (χ0) is 22.3. The molecule has 1 aliphatic rings. The second kappa shape index (κ2) is 10.6. The molecule has 8 nitrogen and oxygen atoms in total. The summed E-state index contributed by atoms with van der Waals surface area (Å²) in [6.45, 7) is 7.28. The minimum absolute atomic E-state index is 0.0105. The van der Waals surface area contributed by atoms with Crippen LogP contribution in [0, 0.1) is 13.8 Å². The number of hydrogen-bond donors (Lipinski definition) is 2. The van der Waals surface area contributed by atoms with E-state index in [1.165, 1.54) is 0 Å². The number of esters is 2. The van der Waals surface area contributed by atoms with Crippen LogP contribution >= 0.6 is 0 Å². The standard InChI is InChI=1S/C22H28N2O6/c1-5-16-20(21(27)29-6-2)17(24-22(28)23-16)12-30-19(26)10-9-18(25)15-8-7-13(3)14(4)11-15/h7-8,11,16H,5-6,9-10,12H2,1-4H3,(H2,23,24,28)/t16-/m1/s1. The highest BCUT2D eigenvalue weighted by Crippen LogP contribution is 2.18. The molecule has 1 heterocycles. The Bertz CT molecular complexity index is 874. The van der Waals surface area contributed by atoms with E-state index in [1.807, 2.05) is 26.8 Å². The van der Waals surface area contributed by atoms with Crippen LogP contribution in [0.5, 0.6) is 0 Å². The van der Waals surface area contributed by atoms with E-state index in [0.717, 1.165) is 11.1 Å². The lowest BCUT2D eigenvalue weighted by molar-refractivity contribution is -0.143. The van der Waals surface area contributed by atoms with Crippen molar-refractivity contribution in [2.24, 2.45) is 0 Å². The van der Waals surface area contributed by atoms with Gasteiger partial charge in [0.05, 0.1) is 30.3 Å². The molecular weight excluding hydrogens is 388 g/mol. The number of carbonyl (C=O) groups is 4. The highest BCUT2D eigenvalue weighted by Gasteiger charge is 2.32. The number of hydrogen-bond acceptors (Lipinski definition) is 6. The average Bonchev–Trinajstić information content (AvgIpc) is 2.71. The summed E-state index contributed by atoms with van der Waals surface area (Å²) < 4.78 is 10.3. The lowest BCUT2D eigenvalue weighted by atomic mass is 10.0. The SMILES string of the molecule is CCOC(=O)C1=C(COC(=O)CCC(=O)c2ccc(C)c(C)c2)NC(=O)N[C@@H]1CC. The van der Waals surface area contributed by atoms with E-state index in [0.29, 0.717) is 12.0 Å². The molecule has 0 fully saturated rings. The molecule has 0 aliphatic carbocycles. The minimum Gasteiger partial charge on any atom is -0.463 e. The summed E-state index contributed by atoms with van der Waals surface area (Å²) in [5.74, 6) is -1.32. The van der Waals surface area contributed by atoms with Crippen LogP contribution in [0.25, 0.3) is 0 Å². The monoisotopic (exact) mass is 416 g/mol. The number of carbonyl (C=O) groups excluding carboxylic acids is 4. The van der Waals surface area contributed by atoms with E-state index < -0.39 is 24.0 Å². The van der Waals surface area contributed by atoms with Crippen molar-refractivity contribution in [2.75, 3.05) is 13.2 Å². The Morgan fingerprint density at radius 2 is 1.77 bits per heavy atom. The van der Waals surface area contributed by atoms with Gasteiger partial charge in [-0.1, -0.05) is 19.1 Å². The van der Waals surface area contributed by atoms with E-state index in [2.05, 4.69) is 10.6 Å². The van der Waals surface area contributed by atoms with Crippen LogP contribution in [-0.2, 0) is 19.1 Å². The first-order valence-electron chi connectivity index (χ1n) is 10.0. The number of aryl methyl sites for hydroxylation is 2. The number of ether oxygens (including phenoxy) is 2. The van der Waals surface area contributed by atoms with Gasteiger partial charge < -0.3 is 20.1 Å². The largest absolute Gasteiger partial charge is 0.463 e. The summed E-state index contributed by atoms with van der Waals surface area (Å²) in [5, 5.41) is 5.16. The van der Waals surface area contributed by atoms with E-state index in [9.17, 15) is 19.2 Å². The number of Topliss-reactive ketones (excluding diaryl/α,β-unsaturated/α-hetero) is 1. The van der Waals surface area contributed by atoms with E-state index in [4.69, 9.17) is 9.47 Å². The zero-order valence-corrected chi connectivity index (χ0v) is 17.8. The zero-order valence-electron chi connectivity index (χ0n) is 17.8. The average molecular weight is 416 g/mol. The van der Waals surface area contributed by atoms with E-state index >= 15 is 0 Å². The molecule has 1 atom stereocenters. The summed E-state index contributed by atoms with van der Waals surface area (Å²) in [4.78, 5) is 48.6. The number of urea groups is 1. The van der Waals surface area contributed by atoms with Crippen LogP contribution in [0.15, 0.2) is 29.5 Å². The van der Waals surface area contributed by atoms with Gasteiger partial charge >= 0.3 is 18.0 Å². The second-order valence-electron chi connectivity index (χ2n) is 7.05. The lowest BCUT2D eigenvalue weighted by Crippen LogP contribution is -2.51. The third-order valence-electron chi connectivity index (χ3n) is 4.91. The van der Waals surface area contributed by atoms with Crippen LogP contribution in [-0.4, -0.2) is 43.0 Å². The molecule has 0 aromatic heterocycles. The summed E-state index contributed by atoms with van der Waals surface area (Å²) in [7, 11) is 0. The molecule has 8 heteroatoms. The molecule has 0 radical (unpaired) electrons. The molecule has 30 heavy (non-hydrogen) atoms. The first kappa shape index (κ1) is 23.1. The van der Waals surface area contributed by atoms with Crippen molar-refractivity contribution in [1.82, 2.24) is 10.6 Å². The molecule has 2 N–H and O–H groups in total. The van der Waals surface area contributed by atoms with Gasteiger partial charge in [0.1, 0.15) is 6.61 Å². The first-order chi connectivity index (χ1) is 14.3. The van der Waals surface area contributed by atoms with Crippen molar-refractivity contribution in [3.63, 3.8) is 0 Å². The molecule has 0 unspecified atom stereocenters. The Morgan fingerprint density at radius 3 is 2.40 bits per heavy atom. The van der Waals surface area contributed by atoms with Crippen molar-refractivity contribution in [3.8, 4) is 0 Å². The van der Waals surface area contributed by atoms with Crippen LogP contribution in [0.3, 0.4) is 0 Å². The van der Waals surface area contributed by atoms with Gasteiger partial charge in [-0.25, -0.2) is 9.59 Å². The van der Waals surface area contributed by atoms with Crippen LogP contribution < -0.4 is 10.6 Å². The molecule has 1 aliphatic heterocycles. The number of ketones is 1. The van der Waals surface area contributed by atoms with E-state index in [-0.39, 0.29) is 43.1 Å². The minimum atomic E-state index is -0.594. The number of rotatable bonds is 9. The molecule has 2 amide bonds. The van der Waals surface area contributed by atoms with Crippen LogP contribution in [0.1, 0.15) is 54.6 Å². The summed E-state index contributed by atoms with van der Waals surface area (Å²) in [6.07, 6.45) is 0.386. The molecule has 0 spiro atoms. The smallest absolute Gasteiger partial charge is 0.338 e. The lowest BCUT2D eigenvalue weighted by Gasteiger charge is -2.28. The van der Waals surface area contributed by atoms with Crippen molar-refractivity contribution in [2.45, 2.75) is 53.0 Å². The Kier molecular flexibility index (Phi) is 8.15. The molecule has 1 aromatic rings. The normalized spacial score (nSPS) is 15.9. The second-order valence-corrected chi connectivity index (χ2v) is 7.05. The third-order valence-corrected chi connectivity index (χ3v) is 4.91. The van der Waals surface area contributed by atoms with Crippen LogP contribution in [0.2, 0.25) is 0 Å². The topological polar surface area (TPSA) is 111 Å². The fourth-order valence-electron chi connectivity index (χ4n) is 3.08. The van der Waals surface area contributed by atoms with Crippen LogP contribution in [0.4, 0.5) is 4.79 Å². The van der Waals surface area contributed by atoms with Crippen molar-refractivity contribution in [3.05, 3.63) is 46.2 Å². The summed E-state index contributed by atoms with van der Waals surface area (Å²) in [5.41, 5.74) is 3.07. The Hall–Kier alpha value is -3.16. The Labute approximate surface area is 176 Å². The predicted molar refractivity (Wildman–Crippen MR) is 110 cm³/mol. The maximum Gasteiger partial charge on any atom is 0.338 e. The molecule has 0 bridgehead atoms. The van der Waals surface area contributed by atoms with Crippen molar-refractivity contribution >= 4 is 23.8 Å². The molecule has 2 rings (SSSR count). The van der Waals surface area contributed by atoms with Gasteiger partial charge in [-0.15, -0.1) is 0 Å². The predicted octanol–water partition coefficient (Wildman–Crippen LogP) is 2.72. The molecule has 0 saturated heterocycles. The van der Waals surface area contributed by atoms with E-state index in [1.54, 1.807) is 19.1 Å². The van der Waals surface area contributed by atoms with Crippen molar-refractivity contribution < 1.29 is 28.7 Å². The third kappa shape index (κ3) is 5.92. The molecular formula is C22H28N2O6. The summed E-state index contributed by atoms with van der Waals surface area (Å²) >= 11 is 0. The van der Waals surface area contributed by atoms with Gasteiger partial charge in [-0.3, -0.25) is 9.59 Å². The van der Waals surface area contributed by atoms with Gasteiger partial charge in [-0.05, 0) is 44.4 Å². The molecule has 1 aromatic carbocycles. The fourth-order valence-corrected chi connectivity index (χ4v) is 3.08. The number of benzene rings is 1. The highest BCUT2D eigenvalue weighted by atomic mass is 16.5. The summed E-state index contributed by atoms with van der Waals surface area (Å²) in [6, 6.07) is 4.40.